The topological polar surface area (TPSA) is 49.4 Å². The van der Waals surface area contributed by atoms with Gasteiger partial charge in [0.25, 0.3) is 5.91 Å². The predicted molar refractivity (Wildman–Crippen MR) is 84.5 cm³/mol. The summed E-state index contributed by atoms with van der Waals surface area (Å²) in [5.74, 6) is -0.245. The number of benzene rings is 2. The highest BCUT2D eigenvalue weighted by Gasteiger charge is 2.16. The number of nitrogens with one attached hydrogen (secondary N) is 1. The zero-order chi connectivity index (χ0) is 15.2. The number of amides is 2. The molecule has 2 rings (SSSR count). The third-order valence-corrected chi connectivity index (χ3v) is 3.06. The van der Waals surface area contributed by atoms with E-state index >= 15 is 0 Å². The summed E-state index contributed by atoms with van der Waals surface area (Å²) in [6.07, 6.45) is 0. The summed E-state index contributed by atoms with van der Waals surface area (Å²) in [7, 11) is 0. The maximum absolute atomic E-state index is 12.6. The average molecular weight is 282 g/mol. The Balaban J connectivity index is 2.28. The maximum Gasteiger partial charge on any atom is 0.258 e. The Morgan fingerprint density at radius 2 is 1.76 bits per heavy atom. The molecule has 0 unspecified atom stereocenters. The summed E-state index contributed by atoms with van der Waals surface area (Å²) in [6.45, 7) is 3.95. The first kappa shape index (κ1) is 14.8. The van der Waals surface area contributed by atoms with Gasteiger partial charge in [0.2, 0.25) is 5.91 Å². The van der Waals surface area contributed by atoms with Crippen molar-refractivity contribution in [2.45, 2.75) is 13.8 Å². The van der Waals surface area contributed by atoms with E-state index < -0.39 is 0 Å². The lowest BCUT2D eigenvalue weighted by Gasteiger charge is -2.21. The molecule has 0 heterocycles. The fourth-order valence-electron chi connectivity index (χ4n) is 2.14. The van der Waals surface area contributed by atoms with E-state index in [0.717, 1.165) is 5.69 Å². The monoisotopic (exact) mass is 282 g/mol. The van der Waals surface area contributed by atoms with Crippen LogP contribution in [-0.2, 0) is 4.79 Å². The summed E-state index contributed by atoms with van der Waals surface area (Å²) >= 11 is 0. The predicted octanol–water partition coefficient (Wildman–Crippen LogP) is 3.31. The Kier molecular flexibility index (Phi) is 4.72. The van der Waals surface area contributed by atoms with Gasteiger partial charge in [-0.25, -0.2) is 0 Å². The standard InChI is InChI=1S/C17H18N2O2/c1-3-19(16-10-5-4-6-11-16)17(21)14-8-7-9-15(12-14)18-13(2)20/h4-12H,3H2,1-2H3,(H,18,20). The molecule has 4 nitrogen and oxygen atoms in total. The van der Waals surface area contributed by atoms with Gasteiger partial charge in [0.1, 0.15) is 0 Å². The Hall–Kier alpha value is -2.62. The molecule has 0 saturated carbocycles. The second-order valence-electron chi connectivity index (χ2n) is 4.65. The quantitative estimate of drug-likeness (QED) is 0.935. The van der Waals surface area contributed by atoms with E-state index in [0.29, 0.717) is 17.8 Å². The number of nitrogens with zero attached hydrogens (tertiary/aromatic N) is 1. The molecule has 4 heteroatoms. The van der Waals surface area contributed by atoms with Crippen LogP contribution in [0.25, 0.3) is 0 Å². The molecule has 0 aliphatic carbocycles. The van der Waals surface area contributed by atoms with Crippen molar-refractivity contribution in [1.82, 2.24) is 0 Å². The van der Waals surface area contributed by atoms with E-state index in [-0.39, 0.29) is 11.8 Å². The molecule has 2 aromatic carbocycles. The van der Waals surface area contributed by atoms with Gasteiger partial charge in [0.05, 0.1) is 0 Å². The Morgan fingerprint density at radius 1 is 1.05 bits per heavy atom. The Bertz CT molecular complexity index is 638. The minimum absolute atomic E-state index is 0.0871. The van der Waals surface area contributed by atoms with Gasteiger partial charge >= 0.3 is 0 Å². The number of carbonyl (C=O) groups is 2. The summed E-state index contributed by atoms with van der Waals surface area (Å²) in [5, 5.41) is 2.69. The SMILES string of the molecule is CCN(C(=O)c1cccc(NC(C)=O)c1)c1ccccc1. The van der Waals surface area contributed by atoms with Crippen LogP contribution in [0.1, 0.15) is 24.2 Å². The van der Waals surface area contributed by atoms with Gasteiger partial charge < -0.3 is 10.2 Å². The van der Waals surface area contributed by atoms with Crippen molar-refractivity contribution in [2.24, 2.45) is 0 Å². The molecule has 21 heavy (non-hydrogen) atoms. The zero-order valence-electron chi connectivity index (χ0n) is 12.2. The highest BCUT2D eigenvalue weighted by molar-refractivity contribution is 6.06. The molecule has 0 fully saturated rings. The van der Waals surface area contributed by atoms with Crippen molar-refractivity contribution in [3.05, 3.63) is 60.2 Å². The van der Waals surface area contributed by atoms with Crippen LogP contribution in [0.2, 0.25) is 0 Å². The third-order valence-electron chi connectivity index (χ3n) is 3.06. The van der Waals surface area contributed by atoms with Gasteiger partial charge in [-0.15, -0.1) is 0 Å². The van der Waals surface area contributed by atoms with Crippen LogP contribution in [0.5, 0.6) is 0 Å². The van der Waals surface area contributed by atoms with E-state index in [2.05, 4.69) is 5.32 Å². The molecule has 0 spiro atoms. The first-order valence-corrected chi connectivity index (χ1v) is 6.86. The van der Waals surface area contributed by atoms with E-state index in [1.54, 1.807) is 29.2 Å². The van der Waals surface area contributed by atoms with Crippen molar-refractivity contribution in [3.63, 3.8) is 0 Å². The van der Waals surface area contributed by atoms with Crippen LogP contribution in [0, 0.1) is 0 Å². The zero-order valence-corrected chi connectivity index (χ0v) is 12.2. The van der Waals surface area contributed by atoms with Gasteiger partial charge in [0.15, 0.2) is 0 Å². The number of anilines is 2. The van der Waals surface area contributed by atoms with Crippen LogP contribution < -0.4 is 10.2 Å². The number of para-hydroxylation sites is 1. The summed E-state index contributed by atoms with van der Waals surface area (Å²) in [5.41, 5.74) is 2.03. The van der Waals surface area contributed by atoms with Crippen molar-refractivity contribution in [1.29, 1.82) is 0 Å². The van der Waals surface area contributed by atoms with Gasteiger partial charge in [0, 0.05) is 30.4 Å². The second-order valence-corrected chi connectivity index (χ2v) is 4.65. The summed E-state index contributed by atoms with van der Waals surface area (Å²) in [4.78, 5) is 25.4. The van der Waals surface area contributed by atoms with Crippen LogP contribution in [0.4, 0.5) is 11.4 Å². The highest BCUT2D eigenvalue weighted by Crippen LogP contribution is 2.18. The summed E-state index contributed by atoms with van der Waals surface area (Å²) in [6, 6.07) is 16.5. The third kappa shape index (κ3) is 3.69. The summed E-state index contributed by atoms with van der Waals surface area (Å²) < 4.78 is 0. The lowest BCUT2D eigenvalue weighted by atomic mass is 10.1. The molecular formula is C17H18N2O2. The molecule has 0 aliphatic heterocycles. The lowest BCUT2D eigenvalue weighted by Crippen LogP contribution is -2.30. The number of hydrogen-bond acceptors (Lipinski definition) is 2. The fraction of sp³-hybridized carbons (Fsp3) is 0.176. The molecule has 0 saturated heterocycles. The Labute approximate surface area is 124 Å². The molecule has 0 aliphatic rings. The average Bonchev–Trinajstić information content (AvgIpc) is 2.48. The van der Waals surface area contributed by atoms with Gasteiger partial charge in [-0.2, -0.15) is 0 Å². The molecule has 2 amide bonds. The van der Waals surface area contributed by atoms with Crippen LogP contribution in [-0.4, -0.2) is 18.4 Å². The number of hydrogen-bond donors (Lipinski definition) is 1. The van der Waals surface area contributed by atoms with Gasteiger partial charge in [-0.3, -0.25) is 9.59 Å². The van der Waals surface area contributed by atoms with E-state index in [1.165, 1.54) is 6.92 Å². The molecule has 0 radical (unpaired) electrons. The normalized spacial score (nSPS) is 10.0. The molecule has 0 bridgehead atoms. The van der Waals surface area contributed by atoms with E-state index in [9.17, 15) is 9.59 Å². The first-order valence-electron chi connectivity index (χ1n) is 6.86. The lowest BCUT2D eigenvalue weighted by molar-refractivity contribution is -0.114. The minimum Gasteiger partial charge on any atom is -0.326 e. The van der Waals surface area contributed by atoms with Crippen LogP contribution >= 0.6 is 0 Å². The number of rotatable bonds is 4. The van der Waals surface area contributed by atoms with Crippen LogP contribution in [0.3, 0.4) is 0 Å². The molecule has 1 N–H and O–H groups in total. The maximum atomic E-state index is 12.6. The van der Waals surface area contributed by atoms with E-state index in [1.807, 2.05) is 37.3 Å². The molecule has 0 aromatic heterocycles. The second kappa shape index (κ2) is 6.70. The Morgan fingerprint density at radius 3 is 2.38 bits per heavy atom. The van der Waals surface area contributed by atoms with Crippen molar-refractivity contribution < 1.29 is 9.59 Å². The fourth-order valence-corrected chi connectivity index (χ4v) is 2.14. The number of carbonyl (C=O) groups excluding carboxylic acids is 2. The first-order chi connectivity index (χ1) is 10.1. The molecular weight excluding hydrogens is 264 g/mol. The highest BCUT2D eigenvalue weighted by atomic mass is 16.2. The van der Waals surface area contributed by atoms with Crippen molar-refractivity contribution >= 4 is 23.2 Å². The largest absolute Gasteiger partial charge is 0.326 e. The van der Waals surface area contributed by atoms with Gasteiger partial charge in [-0.05, 0) is 37.3 Å². The molecule has 0 atom stereocenters. The minimum atomic E-state index is -0.157. The van der Waals surface area contributed by atoms with Crippen LogP contribution in [0.15, 0.2) is 54.6 Å². The van der Waals surface area contributed by atoms with Crippen molar-refractivity contribution in [3.8, 4) is 0 Å². The van der Waals surface area contributed by atoms with E-state index in [4.69, 9.17) is 0 Å². The van der Waals surface area contributed by atoms with Crippen molar-refractivity contribution in [2.75, 3.05) is 16.8 Å². The van der Waals surface area contributed by atoms with Gasteiger partial charge in [-0.1, -0.05) is 24.3 Å². The molecule has 108 valence electrons. The smallest absolute Gasteiger partial charge is 0.258 e. The molecule has 2 aromatic rings.